The molecule has 4 nitrogen and oxygen atoms in total. The van der Waals surface area contributed by atoms with Gasteiger partial charge in [-0.1, -0.05) is 60.7 Å². The SMILES string of the molecule is N#CN=C1NC(=O)/C(=C\c2cccc(C=Cc3ccccc3)c2)S1. The number of rotatable bonds is 3. The molecule has 5 heteroatoms. The lowest BCUT2D eigenvalue weighted by Crippen LogP contribution is -2.19. The second kappa shape index (κ2) is 7.44. The third-order valence-corrected chi connectivity index (χ3v) is 4.19. The molecule has 2 aromatic rings. The average Bonchev–Trinajstić information content (AvgIpc) is 2.94. The lowest BCUT2D eigenvalue weighted by Gasteiger charge is -1.98. The molecule has 0 spiro atoms. The van der Waals surface area contributed by atoms with Gasteiger partial charge in [-0.05, 0) is 40.6 Å². The predicted molar refractivity (Wildman–Crippen MR) is 98.6 cm³/mol. The van der Waals surface area contributed by atoms with Gasteiger partial charge in [0.25, 0.3) is 5.91 Å². The van der Waals surface area contributed by atoms with Crippen molar-refractivity contribution >= 4 is 41.1 Å². The zero-order chi connectivity index (χ0) is 16.8. The number of nitrogens with zero attached hydrogens (tertiary/aromatic N) is 2. The number of amidine groups is 1. The van der Waals surface area contributed by atoms with E-state index in [9.17, 15) is 4.79 Å². The second-order valence-electron chi connectivity index (χ2n) is 5.00. The second-order valence-corrected chi connectivity index (χ2v) is 6.03. The Morgan fingerprint density at radius 1 is 1.00 bits per heavy atom. The van der Waals surface area contributed by atoms with Gasteiger partial charge in [-0.2, -0.15) is 5.26 Å². The van der Waals surface area contributed by atoms with Crippen LogP contribution in [-0.2, 0) is 4.79 Å². The summed E-state index contributed by atoms with van der Waals surface area (Å²) in [6.07, 6.45) is 7.54. The molecule has 0 atom stereocenters. The van der Waals surface area contributed by atoms with E-state index in [0.29, 0.717) is 10.1 Å². The van der Waals surface area contributed by atoms with Gasteiger partial charge in [0, 0.05) is 0 Å². The third-order valence-electron chi connectivity index (χ3n) is 3.28. The zero-order valence-electron chi connectivity index (χ0n) is 12.6. The summed E-state index contributed by atoms with van der Waals surface area (Å²) < 4.78 is 0. The van der Waals surface area contributed by atoms with Crippen molar-refractivity contribution in [1.82, 2.24) is 5.32 Å². The first kappa shape index (κ1) is 15.8. The van der Waals surface area contributed by atoms with Gasteiger partial charge in [-0.15, -0.1) is 4.99 Å². The molecule has 2 aromatic carbocycles. The number of carbonyl (C=O) groups excluding carboxylic acids is 1. The normalized spacial score (nSPS) is 17.4. The van der Waals surface area contributed by atoms with E-state index in [1.165, 1.54) is 0 Å². The molecule has 1 fully saturated rings. The molecular weight excluding hydrogens is 318 g/mol. The van der Waals surface area contributed by atoms with E-state index in [0.717, 1.165) is 28.5 Å². The van der Waals surface area contributed by atoms with Crippen LogP contribution in [0.15, 0.2) is 64.5 Å². The van der Waals surface area contributed by atoms with Crippen LogP contribution in [0.2, 0.25) is 0 Å². The molecule has 116 valence electrons. The third kappa shape index (κ3) is 4.00. The van der Waals surface area contributed by atoms with Crippen LogP contribution in [0.25, 0.3) is 18.2 Å². The summed E-state index contributed by atoms with van der Waals surface area (Å²) in [5.41, 5.74) is 3.09. The highest BCUT2D eigenvalue weighted by Gasteiger charge is 2.23. The summed E-state index contributed by atoms with van der Waals surface area (Å²) in [4.78, 5) is 15.9. The molecular formula is C19H13N3OS. The molecule has 1 N–H and O–H groups in total. The summed E-state index contributed by atoms with van der Waals surface area (Å²) in [6, 6.07) is 17.9. The van der Waals surface area contributed by atoms with Gasteiger partial charge in [0.15, 0.2) is 5.17 Å². The number of amides is 1. The van der Waals surface area contributed by atoms with Crippen LogP contribution in [0, 0.1) is 11.5 Å². The Kier molecular flexibility index (Phi) is 4.90. The average molecular weight is 331 g/mol. The van der Waals surface area contributed by atoms with Crippen molar-refractivity contribution in [2.24, 2.45) is 4.99 Å². The first-order valence-electron chi connectivity index (χ1n) is 7.25. The molecule has 0 aliphatic carbocycles. The fourth-order valence-corrected chi connectivity index (χ4v) is 2.96. The summed E-state index contributed by atoms with van der Waals surface area (Å²) in [5, 5.41) is 11.4. The Morgan fingerprint density at radius 2 is 1.71 bits per heavy atom. The Morgan fingerprint density at radius 3 is 2.50 bits per heavy atom. The molecule has 1 heterocycles. The number of hydrogen-bond donors (Lipinski definition) is 1. The number of carbonyl (C=O) groups is 1. The molecule has 0 unspecified atom stereocenters. The Bertz CT molecular complexity index is 892. The minimum Gasteiger partial charge on any atom is -0.300 e. The van der Waals surface area contributed by atoms with Crippen LogP contribution in [0.3, 0.4) is 0 Å². The van der Waals surface area contributed by atoms with Gasteiger partial charge in [0.05, 0.1) is 4.91 Å². The predicted octanol–water partition coefficient (Wildman–Crippen LogP) is 3.90. The van der Waals surface area contributed by atoms with Crippen LogP contribution in [0.1, 0.15) is 16.7 Å². The van der Waals surface area contributed by atoms with Gasteiger partial charge in [-0.25, -0.2) is 0 Å². The van der Waals surface area contributed by atoms with Crippen molar-refractivity contribution in [3.05, 3.63) is 76.2 Å². The summed E-state index contributed by atoms with van der Waals surface area (Å²) in [6.45, 7) is 0. The molecule has 0 saturated carbocycles. The molecule has 0 bridgehead atoms. The standard InChI is InChI=1S/C19H13N3OS/c20-13-21-19-22-18(23)17(24-19)12-16-8-4-7-15(11-16)10-9-14-5-2-1-3-6-14/h1-12H,(H,21,22,23)/b10-9?,17-12+. The van der Waals surface area contributed by atoms with Crippen LogP contribution in [-0.4, -0.2) is 11.1 Å². The van der Waals surface area contributed by atoms with Gasteiger partial charge >= 0.3 is 0 Å². The van der Waals surface area contributed by atoms with Crippen molar-refractivity contribution in [3.63, 3.8) is 0 Å². The molecule has 24 heavy (non-hydrogen) atoms. The highest BCUT2D eigenvalue weighted by molar-refractivity contribution is 8.18. The maximum atomic E-state index is 11.9. The minimum absolute atomic E-state index is 0.237. The zero-order valence-corrected chi connectivity index (χ0v) is 13.5. The summed E-state index contributed by atoms with van der Waals surface area (Å²) >= 11 is 1.16. The fraction of sp³-hybridized carbons (Fsp3) is 0. The van der Waals surface area contributed by atoms with Crippen molar-refractivity contribution in [1.29, 1.82) is 5.26 Å². The number of nitriles is 1. The smallest absolute Gasteiger partial charge is 0.264 e. The molecule has 1 amide bonds. The minimum atomic E-state index is -0.237. The molecule has 0 aromatic heterocycles. The summed E-state index contributed by atoms with van der Waals surface area (Å²) in [5.74, 6) is -0.237. The number of hydrogen-bond acceptors (Lipinski definition) is 4. The highest BCUT2D eigenvalue weighted by Crippen LogP contribution is 2.26. The van der Waals surface area contributed by atoms with Gasteiger partial charge in [-0.3, -0.25) is 10.1 Å². The fourth-order valence-electron chi connectivity index (χ4n) is 2.19. The van der Waals surface area contributed by atoms with Gasteiger partial charge < -0.3 is 0 Å². The number of aliphatic imine (C=N–C) groups is 1. The molecule has 1 aliphatic heterocycles. The van der Waals surface area contributed by atoms with Gasteiger partial charge in [0.1, 0.15) is 0 Å². The van der Waals surface area contributed by atoms with E-state index in [4.69, 9.17) is 5.26 Å². The van der Waals surface area contributed by atoms with E-state index in [1.807, 2.05) is 66.7 Å². The van der Waals surface area contributed by atoms with Crippen LogP contribution < -0.4 is 5.32 Å². The Labute approximate surface area is 144 Å². The van der Waals surface area contributed by atoms with E-state index < -0.39 is 0 Å². The first-order chi connectivity index (χ1) is 11.7. The van der Waals surface area contributed by atoms with Crippen molar-refractivity contribution in [3.8, 4) is 6.19 Å². The van der Waals surface area contributed by atoms with Crippen molar-refractivity contribution in [2.75, 3.05) is 0 Å². The lowest BCUT2D eigenvalue weighted by molar-refractivity contribution is -0.115. The highest BCUT2D eigenvalue weighted by atomic mass is 32.2. The monoisotopic (exact) mass is 331 g/mol. The van der Waals surface area contributed by atoms with Crippen LogP contribution in [0.4, 0.5) is 0 Å². The van der Waals surface area contributed by atoms with E-state index >= 15 is 0 Å². The molecule has 3 rings (SSSR count). The quantitative estimate of drug-likeness (QED) is 0.527. The topological polar surface area (TPSA) is 65.2 Å². The molecule has 0 radical (unpaired) electrons. The lowest BCUT2D eigenvalue weighted by atomic mass is 10.1. The van der Waals surface area contributed by atoms with Crippen molar-refractivity contribution in [2.45, 2.75) is 0 Å². The number of thioether (sulfide) groups is 1. The molecule has 1 aliphatic rings. The molecule has 1 saturated heterocycles. The van der Waals surface area contributed by atoms with E-state index in [-0.39, 0.29) is 5.91 Å². The van der Waals surface area contributed by atoms with Crippen LogP contribution >= 0.6 is 11.8 Å². The van der Waals surface area contributed by atoms with Crippen molar-refractivity contribution < 1.29 is 4.79 Å². The van der Waals surface area contributed by atoms with Crippen LogP contribution in [0.5, 0.6) is 0 Å². The number of benzene rings is 2. The maximum Gasteiger partial charge on any atom is 0.264 e. The first-order valence-corrected chi connectivity index (χ1v) is 8.07. The van der Waals surface area contributed by atoms with E-state index in [1.54, 1.807) is 12.3 Å². The Balaban J connectivity index is 1.80. The maximum absolute atomic E-state index is 11.9. The van der Waals surface area contributed by atoms with Gasteiger partial charge in [0.2, 0.25) is 6.19 Å². The summed E-state index contributed by atoms with van der Waals surface area (Å²) in [7, 11) is 0. The largest absolute Gasteiger partial charge is 0.300 e. The number of nitrogens with one attached hydrogen (secondary N) is 1. The Hall–Kier alpha value is -3.10. The van der Waals surface area contributed by atoms with E-state index in [2.05, 4.69) is 10.3 Å².